The highest BCUT2D eigenvalue weighted by atomic mass is 16.6. The van der Waals surface area contributed by atoms with E-state index < -0.39 is 36.1 Å². The van der Waals surface area contributed by atoms with Gasteiger partial charge in [-0.3, -0.25) is 4.79 Å². The summed E-state index contributed by atoms with van der Waals surface area (Å²) >= 11 is 0. The molecule has 0 radical (unpaired) electrons. The molecule has 1 atom stereocenters. The molecule has 0 saturated carbocycles. The zero-order valence-electron chi connectivity index (χ0n) is 14.3. The third kappa shape index (κ3) is 6.68. The van der Waals surface area contributed by atoms with Gasteiger partial charge in [0.1, 0.15) is 12.2 Å². The van der Waals surface area contributed by atoms with Crippen LogP contribution in [0.2, 0.25) is 0 Å². The van der Waals surface area contributed by atoms with Gasteiger partial charge >= 0.3 is 12.1 Å². The number of ether oxygens (including phenoxy) is 2. The van der Waals surface area contributed by atoms with Crippen LogP contribution in [0, 0.1) is 0 Å². The van der Waals surface area contributed by atoms with Gasteiger partial charge in [-0.05, 0) is 26.3 Å². The number of amides is 1. The maximum atomic E-state index is 11.9. The van der Waals surface area contributed by atoms with Gasteiger partial charge in [-0.2, -0.15) is 0 Å². The zero-order chi connectivity index (χ0) is 18.3. The van der Waals surface area contributed by atoms with E-state index in [1.807, 2.05) is 6.07 Å². The molecule has 0 fully saturated rings. The van der Waals surface area contributed by atoms with Crippen molar-refractivity contribution >= 4 is 18.0 Å². The largest absolute Gasteiger partial charge is 0.548 e. The van der Waals surface area contributed by atoms with Crippen LogP contribution in [0.4, 0.5) is 4.79 Å². The summed E-state index contributed by atoms with van der Waals surface area (Å²) in [6, 6.07) is 7.50. The smallest absolute Gasteiger partial charge is 0.410 e. The molecule has 0 saturated heterocycles. The summed E-state index contributed by atoms with van der Waals surface area (Å²) in [4.78, 5) is 35.9. The average molecular weight is 336 g/mol. The molecule has 0 heterocycles. The molecule has 0 aliphatic carbocycles. The Morgan fingerprint density at radius 3 is 2.25 bits per heavy atom. The molecule has 0 aromatic heterocycles. The van der Waals surface area contributed by atoms with Gasteiger partial charge in [0.25, 0.3) is 0 Å². The standard InChI is InChI=1S/C17H23NO6/c1-17(2,3)24-16(22)18(4)13(15(20)21)10-14(19)23-11-12-8-6-5-7-9-12/h5-9,13H,10-11H2,1-4H3,(H,20,21)/p-1. The third-order valence-corrected chi connectivity index (χ3v) is 3.02. The summed E-state index contributed by atoms with van der Waals surface area (Å²) in [5.74, 6) is -2.30. The molecule has 0 spiro atoms. The van der Waals surface area contributed by atoms with Crippen LogP contribution in [0.1, 0.15) is 32.8 Å². The van der Waals surface area contributed by atoms with Crippen LogP contribution in [-0.2, 0) is 25.7 Å². The number of esters is 1. The fraction of sp³-hybridized carbons (Fsp3) is 0.471. The molecular weight excluding hydrogens is 314 g/mol. The lowest BCUT2D eigenvalue weighted by Gasteiger charge is -2.30. The minimum absolute atomic E-state index is 0.0234. The number of benzene rings is 1. The average Bonchev–Trinajstić information content (AvgIpc) is 2.49. The highest BCUT2D eigenvalue weighted by Crippen LogP contribution is 2.13. The van der Waals surface area contributed by atoms with Crippen LogP contribution in [0.3, 0.4) is 0 Å². The molecule has 0 N–H and O–H groups in total. The van der Waals surface area contributed by atoms with Gasteiger partial charge in [-0.15, -0.1) is 0 Å². The molecule has 0 aliphatic rings. The number of nitrogens with zero attached hydrogens (tertiary/aromatic N) is 1. The van der Waals surface area contributed by atoms with Crippen molar-refractivity contribution in [2.75, 3.05) is 7.05 Å². The minimum atomic E-state index is -1.56. The van der Waals surface area contributed by atoms with Crippen LogP contribution in [0.25, 0.3) is 0 Å². The van der Waals surface area contributed by atoms with Crippen molar-refractivity contribution in [3.05, 3.63) is 35.9 Å². The van der Waals surface area contributed by atoms with E-state index in [2.05, 4.69) is 0 Å². The number of hydrogen-bond acceptors (Lipinski definition) is 6. The van der Waals surface area contributed by atoms with Gasteiger partial charge in [-0.25, -0.2) is 4.79 Å². The molecule has 1 amide bonds. The molecule has 1 unspecified atom stereocenters. The molecular formula is C17H22NO6-. The first-order valence-electron chi connectivity index (χ1n) is 7.46. The predicted molar refractivity (Wildman–Crippen MR) is 83.6 cm³/mol. The first-order valence-corrected chi connectivity index (χ1v) is 7.46. The van der Waals surface area contributed by atoms with E-state index in [-0.39, 0.29) is 6.61 Å². The van der Waals surface area contributed by atoms with Crippen LogP contribution in [0.15, 0.2) is 30.3 Å². The lowest BCUT2D eigenvalue weighted by Crippen LogP contribution is -2.51. The normalized spacial score (nSPS) is 12.2. The molecule has 7 nitrogen and oxygen atoms in total. The summed E-state index contributed by atoms with van der Waals surface area (Å²) in [6.45, 7) is 4.98. The fourth-order valence-electron chi connectivity index (χ4n) is 1.79. The van der Waals surface area contributed by atoms with E-state index in [0.717, 1.165) is 10.5 Å². The van der Waals surface area contributed by atoms with Crippen LogP contribution in [0.5, 0.6) is 0 Å². The number of hydrogen-bond donors (Lipinski definition) is 0. The monoisotopic (exact) mass is 336 g/mol. The van der Waals surface area contributed by atoms with Gasteiger partial charge in [0.05, 0.1) is 18.4 Å². The van der Waals surface area contributed by atoms with Crippen molar-refractivity contribution in [3.63, 3.8) is 0 Å². The summed E-state index contributed by atoms with van der Waals surface area (Å²) in [5.41, 5.74) is -0.00770. The van der Waals surface area contributed by atoms with E-state index in [4.69, 9.17) is 9.47 Å². The van der Waals surface area contributed by atoms with Crippen molar-refractivity contribution < 1.29 is 29.0 Å². The van der Waals surface area contributed by atoms with E-state index in [9.17, 15) is 19.5 Å². The Morgan fingerprint density at radius 1 is 1.17 bits per heavy atom. The second-order valence-corrected chi connectivity index (χ2v) is 6.28. The van der Waals surface area contributed by atoms with Gasteiger partial charge in [0.15, 0.2) is 0 Å². The number of likely N-dealkylation sites (N-methyl/N-ethyl adjacent to an activating group) is 1. The molecule has 1 aromatic rings. The molecule has 1 aromatic carbocycles. The first-order chi connectivity index (χ1) is 11.1. The van der Waals surface area contributed by atoms with Crippen molar-refractivity contribution in [3.8, 4) is 0 Å². The maximum Gasteiger partial charge on any atom is 0.410 e. The zero-order valence-corrected chi connectivity index (χ0v) is 14.3. The lowest BCUT2D eigenvalue weighted by molar-refractivity contribution is -0.311. The molecule has 7 heteroatoms. The fourth-order valence-corrected chi connectivity index (χ4v) is 1.79. The van der Waals surface area contributed by atoms with E-state index in [1.165, 1.54) is 7.05 Å². The van der Waals surface area contributed by atoms with Gasteiger partial charge in [-0.1, -0.05) is 30.3 Å². The van der Waals surface area contributed by atoms with E-state index in [0.29, 0.717) is 0 Å². The summed E-state index contributed by atoms with van der Waals surface area (Å²) in [7, 11) is 1.24. The maximum absolute atomic E-state index is 11.9. The molecule has 1 rings (SSSR count). The number of carboxylic acids is 1. The molecule has 24 heavy (non-hydrogen) atoms. The van der Waals surface area contributed by atoms with Gasteiger partial charge in [0.2, 0.25) is 0 Å². The first kappa shape index (κ1) is 19.5. The quantitative estimate of drug-likeness (QED) is 0.722. The Hall–Kier alpha value is -2.57. The highest BCUT2D eigenvalue weighted by molar-refractivity contribution is 5.84. The van der Waals surface area contributed by atoms with Gasteiger partial charge < -0.3 is 24.3 Å². The molecule has 132 valence electrons. The van der Waals surface area contributed by atoms with Crippen molar-refractivity contribution in [1.82, 2.24) is 4.90 Å². The van der Waals surface area contributed by atoms with Crippen molar-refractivity contribution in [2.24, 2.45) is 0 Å². The minimum Gasteiger partial charge on any atom is -0.548 e. The van der Waals surface area contributed by atoms with Crippen molar-refractivity contribution in [2.45, 2.75) is 45.4 Å². The lowest BCUT2D eigenvalue weighted by atomic mass is 10.2. The van der Waals surface area contributed by atoms with Crippen molar-refractivity contribution in [1.29, 1.82) is 0 Å². The number of carboxylic acid groups (broad SMARTS) is 1. The van der Waals surface area contributed by atoms with Crippen LogP contribution < -0.4 is 5.11 Å². The SMILES string of the molecule is CN(C(=O)OC(C)(C)C)C(CC(=O)OCc1ccccc1)C(=O)[O-]. The Labute approximate surface area is 141 Å². The Bertz CT molecular complexity index is 578. The van der Waals surface area contributed by atoms with Crippen LogP contribution >= 0.6 is 0 Å². The van der Waals surface area contributed by atoms with E-state index >= 15 is 0 Å². The summed E-state index contributed by atoms with van der Waals surface area (Å²) in [6.07, 6.45) is -1.38. The Kier molecular flexibility index (Phi) is 6.76. The number of carbonyl (C=O) groups is 3. The summed E-state index contributed by atoms with van der Waals surface area (Å²) in [5, 5.41) is 11.3. The Balaban J connectivity index is 2.63. The topological polar surface area (TPSA) is 96.0 Å². The van der Waals surface area contributed by atoms with Gasteiger partial charge in [0, 0.05) is 7.05 Å². The third-order valence-electron chi connectivity index (χ3n) is 3.02. The molecule has 0 aliphatic heterocycles. The number of rotatable bonds is 6. The Morgan fingerprint density at radius 2 is 1.75 bits per heavy atom. The predicted octanol–water partition coefficient (Wildman–Crippen LogP) is 1.11. The summed E-state index contributed by atoms with van der Waals surface area (Å²) < 4.78 is 10.1. The number of aliphatic carboxylic acids is 1. The highest BCUT2D eigenvalue weighted by Gasteiger charge is 2.28. The second-order valence-electron chi connectivity index (χ2n) is 6.28. The number of carbonyl (C=O) groups excluding carboxylic acids is 3. The van der Waals surface area contributed by atoms with E-state index in [1.54, 1.807) is 45.0 Å². The second kappa shape index (κ2) is 8.33. The van der Waals surface area contributed by atoms with Crippen LogP contribution in [-0.4, -0.2) is 41.6 Å². The molecule has 0 bridgehead atoms.